The Labute approximate surface area is 65.4 Å². The zero-order valence-corrected chi connectivity index (χ0v) is 7.85. The minimum atomic E-state index is 0.847. The van der Waals surface area contributed by atoms with Gasteiger partial charge in [-0.2, -0.15) is 0 Å². The number of nitrogens with zero attached hydrogens (tertiary/aromatic N) is 1. The minimum absolute atomic E-state index is 0.847. The summed E-state index contributed by atoms with van der Waals surface area (Å²) in [6, 6.07) is 0.847. The zero-order chi connectivity index (χ0) is 7.98. The van der Waals surface area contributed by atoms with Gasteiger partial charge in [-0.1, -0.05) is 20.3 Å². The standard InChI is InChI=1S/C6H13N.C3H8/c1-6-4-3-5-7(6)2;1-3-2/h6H,3-5H2,1-2H3;3H2,1-2H3. The molecule has 1 rings (SSSR count). The second-order valence-electron chi connectivity index (χ2n) is 3.18. The molecule has 1 unspecified atom stereocenters. The molecule has 1 heterocycles. The fraction of sp³-hybridized carbons (Fsp3) is 1.00. The summed E-state index contributed by atoms with van der Waals surface area (Å²) in [4.78, 5) is 2.40. The molecular weight excluding hydrogens is 122 g/mol. The maximum Gasteiger partial charge on any atom is 0.00643 e. The van der Waals surface area contributed by atoms with Crippen LogP contribution in [-0.2, 0) is 0 Å². The van der Waals surface area contributed by atoms with Crippen LogP contribution >= 0.6 is 0 Å². The molecule has 0 aliphatic carbocycles. The topological polar surface area (TPSA) is 3.24 Å². The van der Waals surface area contributed by atoms with Crippen molar-refractivity contribution in [1.82, 2.24) is 4.90 Å². The lowest BCUT2D eigenvalue weighted by molar-refractivity contribution is 0.331. The SMILES string of the molecule is CC1CCCN1C.CCC. The van der Waals surface area contributed by atoms with Gasteiger partial charge in [0.05, 0.1) is 0 Å². The van der Waals surface area contributed by atoms with Gasteiger partial charge in [0.2, 0.25) is 0 Å². The van der Waals surface area contributed by atoms with Crippen LogP contribution in [0.3, 0.4) is 0 Å². The monoisotopic (exact) mass is 143 g/mol. The predicted molar refractivity (Wildman–Crippen MR) is 47.3 cm³/mol. The van der Waals surface area contributed by atoms with Crippen LogP contribution in [0, 0.1) is 0 Å². The lowest BCUT2D eigenvalue weighted by Crippen LogP contribution is -2.20. The number of rotatable bonds is 0. The number of hydrogen-bond acceptors (Lipinski definition) is 1. The summed E-state index contributed by atoms with van der Waals surface area (Å²) in [7, 11) is 2.19. The number of likely N-dealkylation sites (tertiary alicyclic amines) is 1. The van der Waals surface area contributed by atoms with Crippen molar-refractivity contribution in [3.8, 4) is 0 Å². The van der Waals surface area contributed by atoms with E-state index in [1.165, 1.54) is 25.8 Å². The van der Waals surface area contributed by atoms with Gasteiger partial charge in [0.25, 0.3) is 0 Å². The molecule has 1 atom stereocenters. The van der Waals surface area contributed by atoms with Crippen LogP contribution in [-0.4, -0.2) is 24.5 Å². The van der Waals surface area contributed by atoms with E-state index in [0.717, 1.165) is 6.04 Å². The summed E-state index contributed by atoms with van der Waals surface area (Å²) in [5.41, 5.74) is 0. The minimum Gasteiger partial charge on any atom is -0.304 e. The van der Waals surface area contributed by atoms with Crippen LogP contribution in [0.1, 0.15) is 40.0 Å². The van der Waals surface area contributed by atoms with Gasteiger partial charge in [-0.15, -0.1) is 0 Å². The first-order valence-corrected chi connectivity index (χ1v) is 4.42. The fourth-order valence-corrected chi connectivity index (χ4v) is 1.08. The fourth-order valence-electron chi connectivity index (χ4n) is 1.08. The van der Waals surface area contributed by atoms with Crippen LogP contribution in [0.5, 0.6) is 0 Å². The van der Waals surface area contributed by atoms with E-state index in [4.69, 9.17) is 0 Å². The van der Waals surface area contributed by atoms with E-state index in [2.05, 4.69) is 32.7 Å². The molecule has 1 aliphatic rings. The van der Waals surface area contributed by atoms with Gasteiger partial charge < -0.3 is 4.90 Å². The van der Waals surface area contributed by atoms with E-state index < -0.39 is 0 Å². The molecule has 62 valence electrons. The smallest absolute Gasteiger partial charge is 0.00643 e. The molecular formula is C9H21N. The Morgan fingerprint density at radius 2 is 1.90 bits per heavy atom. The van der Waals surface area contributed by atoms with Crippen LogP contribution in [0.15, 0.2) is 0 Å². The lowest BCUT2D eigenvalue weighted by Gasteiger charge is -2.12. The highest BCUT2D eigenvalue weighted by Gasteiger charge is 2.14. The molecule has 0 N–H and O–H groups in total. The first kappa shape index (κ1) is 9.96. The molecule has 0 amide bonds. The molecule has 0 bridgehead atoms. The third-order valence-electron chi connectivity index (χ3n) is 1.89. The summed E-state index contributed by atoms with van der Waals surface area (Å²) in [6.07, 6.45) is 4.05. The molecule has 0 aromatic rings. The van der Waals surface area contributed by atoms with Crippen molar-refractivity contribution in [3.63, 3.8) is 0 Å². The Morgan fingerprint density at radius 1 is 1.40 bits per heavy atom. The van der Waals surface area contributed by atoms with Gasteiger partial charge in [-0.05, 0) is 33.4 Å². The van der Waals surface area contributed by atoms with Crippen molar-refractivity contribution in [2.45, 2.75) is 46.1 Å². The summed E-state index contributed by atoms with van der Waals surface area (Å²) < 4.78 is 0. The Morgan fingerprint density at radius 3 is 2.00 bits per heavy atom. The molecule has 1 nitrogen and oxygen atoms in total. The van der Waals surface area contributed by atoms with Gasteiger partial charge in [0.15, 0.2) is 0 Å². The van der Waals surface area contributed by atoms with Crippen LogP contribution in [0.4, 0.5) is 0 Å². The highest BCUT2D eigenvalue weighted by atomic mass is 15.1. The highest BCUT2D eigenvalue weighted by Crippen LogP contribution is 2.12. The van der Waals surface area contributed by atoms with E-state index in [1.807, 2.05) is 0 Å². The van der Waals surface area contributed by atoms with Crippen molar-refractivity contribution in [2.24, 2.45) is 0 Å². The Balaban J connectivity index is 0.000000236. The average molecular weight is 143 g/mol. The van der Waals surface area contributed by atoms with Crippen LogP contribution in [0.2, 0.25) is 0 Å². The summed E-state index contributed by atoms with van der Waals surface area (Å²) in [6.45, 7) is 7.84. The molecule has 0 aromatic carbocycles. The molecule has 0 aromatic heterocycles. The van der Waals surface area contributed by atoms with Crippen molar-refractivity contribution in [1.29, 1.82) is 0 Å². The van der Waals surface area contributed by atoms with E-state index in [9.17, 15) is 0 Å². The van der Waals surface area contributed by atoms with Gasteiger partial charge in [-0.3, -0.25) is 0 Å². The average Bonchev–Trinajstić information content (AvgIpc) is 2.19. The second-order valence-corrected chi connectivity index (χ2v) is 3.18. The van der Waals surface area contributed by atoms with Crippen molar-refractivity contribution in [2.75, 3.05) is 13.6 Å². The zero-order valence-electron chi connectivity index (χ0n) is 7.85. The normalized spacial score (nSPS) is 25.8. The molecule has 0 saturated carbocycles. The largest absolute Gasteiger partial charge is 0.304 e. The Hall–Kier alpha value is -0.0400. The predicted octanol–water partition coefficient (Wildman–Crippen LogP) is 2.52. The first-order valence-electron chi connectivity index (χ1n) is 4.42. The molecule has 1 aliphatic heterocycles. The third kappa shape index (κ3) is 3.89. The van der Waals surface area contributed by atoms with Crippen LogP contribution in [0.25, 0.3) is 0 Å². The first-order chi connectivity index (χ1) is 4.72. The molecule has 0 radical (unpaired) electrons. The molecule has 1 fully saturated rings. The maximum absolute atomic E-state index is 2.40. The van der Waals surface area contributed by atoms with E-state index >= 15 is 0 Å². The van der Waals surface area contributed by atoms with Gasteiger partial charge >= 0.3 is 0 Å². The Bertz CT molecular complexity index is 63.1. The molecule has 10 heavy (non-hydrogen) atoms. The van der Waals surface area contributed by atoms with E-state index in [-0.39, 0.29) is 0 Å². The van der Waals surface area contributed by atoms with E-state index in [1.54, 1.807) is 0 Å². The van der Waals surface area contributed by atoms with Gasteiger partial charge in [0, 0.05) is 6.04 Å². The summed E-state index contributed by atoms with van der Waals surface area (Å²) in [5, 5.41) is 0. The van der Waals surface area contributed by atoms with Crippen LogP contribution < -0.4 is 0 Å². The van der Waals surface area contributed by atoms with Crippen molar-refractivity contribution >= 4 is 0 Å². The third-order valence-corrected chi connectivity index (χ3v) is 1.89. The van der Waals surface area contributed by atoms with Gasteiger partial charge in [0.1, 0.15) is 0 Å². The molecule has 1 heteroatoms. The maximum atomic E-state index is 2.40. The van der Waals surface area contributed by atoms with E-state index in [0.29, 0.717) is 0 Å². The second kappa shape index (κ2) is 5.72. The molecule has 1 saturated heterocycles. The summed E-state index contributed by atoms with van der Waals surface area (Å²) >= 11 is 0. The summed E-state index contributed by atoms with van der Waals surface area (Å²) in [5.74, 6) is 0. The van der Waals surface area contributed by atoms with Crippen molar-refractivity contribution in [3.05, 3.63) is 0 Å². The van der Waals surface area contributed by atoms with Gasteiger partial charge in [-0.25, -0.2) is 0 Å². The Kier molecular flexibility index (Phi) is 5.70. The highest BCUT2D eigenvalue weighted by molar-refractivity contribution is 4.70. The quantitative estimate of drug-likeness (QED) is 0.503. The molecule has 0 spiro atoms. The van der Waals surface area contributed by atoms with Crippen molar-refractivity contribution < 1.29 is 0 Å². The number of hydrogen-bond donors (Lipinski definition) is 0. The lowest BCUT2D eigenvalue weighted by atomic mass is 10.3.